The van der Waals surface area contributed by atoms with Crippen molar-refractivity contribution in [3.8, 4) is 6.01 Å². The van der Waals surface area contributed by atoms with E-state index in [1.54, 1.807) is 0 Å². The highest BCUT2D eigenvalue weighted by Crippen LogP contribution is 2.26. The third kappa shape index (κ3) is 3.50. The van der Waals surface area contributed by atoms with Gasteiger partial charge in [-0.05, 0) is 6.42 Å². The first-order valence-corrected chi connectivity index (χ1v) is 6.52. The third-order valence-corrected chi connectivity index (χ3v) is 3.78. The molecule has 0 fully saturated rings. The molecule has 0 saturated carbocycles. The predicted molar refractivity (Wildman–Crippen MR) is 71.7 cm³/mol. The molecule has 0 aliphatic carbocycles. The average molecular weight is 299 g/mol. The van der Waals surface area contributed by atoms with Crippen LogP contribution in [0.25, 0.3) is 0 Å². The Morgan fingerprint density at radius 1 is 1.41 bits per heavy atom. The zero-order valence-electron chi connectivity index (χ0n) is 9.64. The summed E-state index contributed by atoms with van der Waals surface area (Å²) in [6.07, 6.45) is 2.22. The molecular formula is C10H14Cl3N3O. The van der Waals surface area contributed by atoms with Gasteiger partial charge in [0.25, 0.3) is 0 Å². The monoisotopic (exact) mass is 297 g/mol. The maximum Gasteiger partial charge on any atom is 0.318 e. The van der Waals surface area contributed by atoms with E-state index in [-0.39, 0.29) is 6.01 Å². The fourth-order valence-corrected chi connectivity index (χ4v) is 2.10. The van der Waals surface area contributed by atoms with E-state index in [2.05, 4.69) is 15.3 Å². The average Bonchev–Trinajstić information content (AvgIpc) is 2.38. The van der Waals surface area contributed by atoms with E-state index in [0.717, 1.165) is 6.42 Å². The van der Waals surface area contributed by atoms with Crippen molar-refractivity contribution < 1.29 is 4.74 Å². The number of anilines is 1. The summed E-state index contributed by atoms with van der Waals surface area (Å²) in [6, 6.07) is 0.242. The summed E-state index contributed by atoms with van der Waals surface area (Å²) in [4.78, 5) is 8.02. The zero-order chi connectivity index (χ0) is 12.9. The maximum absolute atomic E-state index is 6.00. The minimum absolute atomic E-state index is 0.242. The van der Waals surface area contributed by atoms with Gasteiger partial charge in [0.1, 0.15) is 5.02 Å². The molecule has 0 aliphatic heterocycles. The molecule has 1 heterocycles. The van der Waals surface area contributed by atoms with Crippen LogP contribution in [0.15, 0.2) is 6.20 Å². The minimum Gasteiger partial charge on any atom is -0.467 e. The molecule has 0 radical (unpaired) electrons. The lowest BCUT2D eigenvalue weighted by Gasteiger charge is -2.30. The topological polar surface area (TPSA) is 47.0 Å². The maximum atomic E-state index is 6.00. The number of aromatic nitrogens is 2. The predicted octanol–water partition coefficient (Wildman–Crippen LogP) is 3.18. The van der Waals surface area contributed by atoms with Crippen LogP contribution < -0.4 is 10.1 Å². The van der Waals surface area contributed by atoms with E-state index in [9.17, 15) is 0 Å². The van der Waals surface area contributed by atoms with Crippen molar-refractivity contribution in [2.75, 3.05) is 24.2 Å². The van der Waals surface area contributed by atoms with Crippen LogP contribution in [0, 0.1) is 0 Å². The molecule has 0 saturated heterocycles. The molecule has 1 N–H and O–H groups in total. The van der Waals surface area contributed by atoms with E-state index in [1.807, 2.05) is 6.92 Å². The molecule has 0 unspecified atom stereocenters. The van der Waals surface area contributed by atoms with Gasteiger partial charge in [-0.3, -0.25) is 0 Å². The Hall–Kier alpha value is -0.450. The first kappa shape index (κ1) is 14.6. The minimum atomic E-state index is -0.438. The molecule has 0 bridgehead atoms. The van der Waals surface area contributed by atoms with E-state index in [1.165, 1.54) is 13.3 Å². The molecule has 0 spiro atoms. The zero-order valence-corrected chi connectivity index (χ0v) is 11.9. The van der Waals surface area contributed by atoms with Crippen LogP contribution in [-0.4, -0.2) is 34.4 Å². The van der Waals surface area contributed by atoms with Gasteiger partial charge in [-0.2, -0.15) is 4.98 Å². The second-order valence-electron chi connectivity index (χ2n) is 3.58. The molecule has 1 aromatic heterocycles. The fourth-order valence-electron chi connectivity index (χ4n) is 1.17. The summed E-state index contributed by atoms with van der Waals surface area (Å²) in [5.74, 6) is 1.19. The summed E-state index contributed by atoms with van der Waals surface area (Å²) >= 11 is 17.9. The Balaban J connectivity index is 2.99. The molecule has 7 heteroatoms. The van der Waals surface area contributed by atoms with Gasteiger partial charge in [0.15, 0.2) is 5.82 Å². The summed E-state index contributed by atoms with van der Waals surface area (Å²) < 4.78 is 4.94. The number of ether oxygens (including phenoxy) is 1. The van der Waals surface area contributed by atoms with Gasteiger partial charge in [0, 0.05) is 11.8 Å². The lowest BCUT2D eigenvalue weighted by molar-refractivity contribution is 0.380. The number of hydrogen-bond donors (Lipinski definition) is 1. The van der Waals surface area contributed by atoms with Crippen LogP contribution >= 0.6 is 34.8 Å². The van der Waals surface area contributed by atoms with Gasteiger partial charge < -0.3 is 10.1 Å². The van der Waals surface area contributed by atoms with Crippen LogP contribution in [0.3, 0.4) is 0 Å². The largest absolute Gasteiger partial charge is 0.467 e. The number of rotatable bonds is 6. The summed E-state index contributed by atoms with van der Waals surface area (Å²) in [6.45, 7) is 1.99. The van der Waals surface area contributed by atoms with Crippen molar-refractivity contribution in [2.24, 2.45) is 0 Å². The molecule has 4 nitrogen and oxygen atoms in total. The van der Waals surface area contributed by atoms with Gasteiger partial charge in [-0.15, -0.1) is 23.2 Å². The smallest absolute Gasteiger partial charge is 0.318 e. The Bertz CT molecular complexity index is 364. The van der Waals surface area contributed by atoms with Crippen LogP contribution in [0.2, 0.25) is 5.02 Å². The molecule has 1 aromatic rings. The molecule has 0 aliphatic rings. The normalized spacial score (nSPS) is 11.4. The Morgan fingerprint density at radius 2 is 2.06 bits per heavy atom. The van der Waals surface area contributed by atoms with Crippen LogP contribution in [0.1, 0.15) is 13.3 Å². The second kappa shape index (κ2) is 6.47. The highest BCUT2D eigenvalue weighted by molar-refractivity contribution is 6.32. The lowest BCUT2D eigenvalue weighted by atomic mass is 10.0. The van der Waals surface area contributed by atoms with Crippen molar-refractivity contribution in [1.82, 2.24) is 9.97 Å². The van der Waals surface area contributed by atoms with Crippen molar-refractivity contribution in [3.05, 3.63) is 11.2 Å². The molecular weight excluding hydrogens is 284 g/mol. The van der Waals surface area contributed by atoms with Gasteiger partial charge in [0.05, 0.1) is 18.8 Å². The molecule has 96 valence electrons. The van der Waals surface area contributed by atoms with Crippen molar-refractivity contribution in [3.63, 3.8) is 0 Å². The number of nitrogens with zero attached hydrogens (tertiary/aromatic N) is 2. The lowest BCUT2D eigenvalue weighted by Crippen LogP contribution is -2.42. The van der Waals surface area contributed by atoms with Crippen molar-refractivity contribution >= 4 is 40.6 Å². The number of alkyl halides is 2. The van der Waals surface area contributed by atoms with Gasteiger partial charge in [-0.1, -0.05) is 18.5 Å². The Morgan fingerprint density at radius 3 is 2.53 bits per heavy atom. The third-order valence-electron chi connectivity index (χ3n) is 2.48. The van der Waals surface area contributed by atoms with Crippen LogP contribution in [0.4, 0.5) is 5.82 Å². The Kier molecular flexibility index (Phi) is 5.56. The van der Waals surface area contributed by atoms with Crippen molar-refractivity contribution in [2.45, 2.75) is 18.9 Å². The number of nitrogens with one attached hydrogen (secondary N) is 1. The quantitative estimate of drug-likeness (QED) is 0.819. The van der Waals surface area contributed by atoms with E-state index >= 15 is 0 Å². The standard InChI is InChI=1S/C10H14Cl3N3O/c1-3-10(5-11,6-12)16-8-7(13)4-14-9(15-8)17-2/h4H,3,5-6H2,1-2H3,(H,14,15,16). The highest BCUT2D eigenvalue weighted by atomic mass is 35.5. The molecule has 0 amide bonds. The first-order valence-electron chi connectivity index (χ1n) is 5.07. The SMILES string of the molecule is CCC(CCl)(CCl)Nc1nc(OC)ncc1Cl. The van der Waals surface area contributed by atoms with E-state index in [4.69, 9.17) is 39.5 Å². The molecule has 0 atom stereocenters. The van der Waals surface area contributed by atoms with Crippen LogP contribution in [-0.2, 0) is 0 Å². The number of hydrogen-bond acceptors (Lipinski definition) is 4. The van der Waals surface area contributed by atoms with Gasteiger partial charge in [0.2, 0.25) is 0 Å². The second-order valence-corrected chi connectivity index (χ2v) is 4.52. The van der Waals surface area contributed by atoms with Gasteiger partial charge >= 0.3 is 6.01 Å². The van der Waals surface area contributed by atoms with E-state index in [0.29, 0.717) is 22.6 Å². The molecule has 17 heavy (non-hydrogen) atoms. The summed E-state index contributed by atoms with van der Waals surface area (Å²) in [7, 11) is 1.49. The van der Waals surface area contributed by atoms with Crippen LogP contribution in [0.5, 0.6) is 6.01 Å². The number of halogens is 3. The fraction of sp³-hybridized carbons (Fsp3) is 0.600. The van der Waals surface area contributed by atoms with Crippen molar-refractivity contribution in [1.29, 1.82) is 0 Å². The Labute approximate surface area is 116 Å². The molecule has 1 rings (SSSR count). The summed E-state index contributed by atoms with van der Waals surface area (Å²) in [5.41, 5.74) is -0.438. The first-order chi connectivity index (χ1) is 8.10. The van der Waals surface area contributed by atoms with Gasteiger partial charge in [-0.25, -0.2) is 4.98 Å². The number of methoxy groups -OCH3 is 1. The van der Waals surface area contributed by atoms with E-state index < -0.39 is 5.54 Å². The summed E-state index contributed by atoms with van der Waals surface area (Å²) in [5, 5.41) is 3.56. The highest BCUT2D eigenvalue weighted by Gasteiger charge is 2.27. The molecule has 0 aromatic carbocycles.